The first-order valence-corrected chi connectivity index (χ1v) is 9.16. The number of nitrogens with one attached hydrogen (secondary N) is 2. The number of nitrogens with zero attached hydrogens (tertiary/aromatic N) is 2. The van der Waals surface area contributed by atoms with Gasteiger partial charge in [0.25, 0.3) is 11.8 Å². The van der Waals surface area contributed by atoms with E-state index in [0.29, 0.717) is 28.8 Å². The number of piperidine rings is 1. The van der Waals surface area contributed by atoms with Gasteiger partial charge in [0, 0.05) is 32.0 Å². The van der Waals surface area contributed by atoms with Gasteiger partial charge in [-0.25, -0.2) is 18.1 Å². The van der Waals surface area contributed by atoms with E-state index in [0.717, 1.165) is 5.69 Å². The summed E-state index contributed by atoms with van der Waals surface area (Å²) in [5.74, 6) is -3.38. The molecular formula is C18H24F3N4O+. The number of likely N-dealkylation sites (tertiary alicyclic amines) is 1. The molecule has 3 heterocycles. The minimum absolute atomic E-state index is 0.112. The standard InChI is InChI=1S/C18H23F3N4O/c1-3-25-10-11(2)22-16(26)13-8-12(19)9-14(15(13)25)23-17(25)24-6-4-18(20,21)5-7-24/h8-9,11,17,23H,3-7,10H2,1-2H3/p+1/t11-,17?,25?/m0/s1. The van der Waals surface area contributed by atoms with Gasteiger partial charge in [-0.3, -0.25) is 9.28 Å². The Morgan fingerprint density at radius 1 is 1.27 bits per heavy atom. The predicted octanol–water partition coefficient (Wildman–Crippen LogP) is 2.73. The molecule has 1 fully saturated rings. The molecule has 0 radical (unpaired) electrons. The van der Waals surface area contributed by atoms with Crippen LogP contribution in [0.2, 0.25) is 0 Å². The zero-order valence-corrected chi connectivity index (χ0v) is 15.0. The minimum atomic E-state index is -2.63. The molecule has 5 nitrogen and oxygen atoms in total. The highest BCUT2D eigenvalue weighted by Gasteiger charge is 2.54. The van der Waals surface area contributed by atoms with Crippen LogP contribution in [0.3, 0.4) is 0 Å². The number of amides is 1. The van der Waals surface area contributed by atoms with Crippen molar-refractivity contribution in [1.29, 1.82) is 0 Å². The number of quaternary nitrogens is 1. The Kier molecular flexibility index (Phi) is 3.96. The van der Waals surface area contributed by atoms with Crippen molar-refractivity contribution in [3.63, 3.8) is 0 Å². The molecule has 0 aliphatic carbocycles. The number of benzene rings is 1. The SMILES string of the molecule is CC[N+]12C[C@H](C)NC(=O)c3cc(F)cc(c31)NC2N1CCC(F)(F)CC1. The Balaban J connectivity index is 1.80. The van der Waals surface area contributed by atoms with E-state index in [1.54, 1.807) is 0 Å². The van der Waals surface area contributed by atoms with Gasteiger partial charge in [-0.1, -0.05) is 0 Å². The maximum Gasteiger partial charge on any atom is 0.257 e. The van der Waals surface area contributed by atoms with E-state index in [-0.39, 0.29) is 44.2 Å². The van der Waals surface area contributed by atoms with Crippen LogP contribution < -0.4 is 15.1 Å². The van der Waals surface area contributed by atoms with Gasteiger partial charge in [-0.15, -0.1) is 0 Å². The number of likely N-dealkylation sites (N-methyl/N-ethyl adjacent to an activating group) is 1. The van der Waals surface area contributed by atoms with Crippen LogP contribution in [0, 0.1) is 5.82 Å². The van der Waals surface area contributed by atoms with Crippen molar-refractivity contribution in [2.75, 3.05) is 31.5 Å². The molecule has 0 spiro atoms. The number of carbonyl (C=O) groups excluding carboxylic acids is 1. The van der Waals surface area contributed by atoms with Crippen LogP contribution in [-0.4, -0.2) is 55.2 Å². The first-order valence-electron chi connectivity index (χ1n) is 9.16. The van der Waals surface area contributed by atoms with Gasteiger partial charge in [0.15, 0.2) is 5.69 Å². The molecule has 26 heavy (non-hydrogen) atoms. The van der Waals surface area contributed by atoms with Crippen LogP contribution in [0.4, 0.5) is 24.5 Å². The molecule has 1 aromatic carbocycles. The van der Waals surface area contributed by atoms with E-state index >= 15 is 0 Å². The molecule has 2 N–H and O–H groups in total. The predicted molar refractivity (Wildman–Crippen MR) is 93.7 cm³/mol. The summed E-state index contributed by atoms with van der Waals surface area (Å²) in [5.41, 5.74) is 1.70. The number of halogens is 3. The summed E-state index contributed by atoms with van der Waals surface area (Å²) in [4.78, 5) is 14.6. The molecule has 3 aliphatic rings. The molecule has 142 valence electrons. The Labute approximate surface area is 150 Å². The normalized spacial score (nSPS) is 33.2. The summed E-state index contributed by atoms with van der Waals surface area (Å²) < 4.78 is 41.8. The molecule has 2 unspecified atom stereocenters. The third kappa shape index (κ3) is 2.58. The fourth-order valence-corrected chi connectivity index (χ4v) is 4.73. The van der Waals surface area contributed by atoms with Crippen molar-refractivity contribution < 1.29 is 18.0 Å². The van der Waals surface area contributed by atoms with Gasteiger partial charge in [0.05, 0.1) is 12.6 Å². The molecule has 3 atom stereocenters. The largest absolute Gasteiger partial charge is 0.344 e. The second-order valence-corrected chi connectivity index (χ2v) is 7.67. The lowest BCUT2D eigenvalue weighted by Crippen LogP contribution is -2.67. The van der Waals surface area contributed by atoms with Crippen LogP contribution in [-0.2, 0) is 0 Å². The van der Waals surface area contributed by atoms with E-state index in [4.69, 9.17) is 0 Å². The zero-order chi connectivity index (χ0) is 18.7. The summed E-state index contributed by atoms with van der Waals surface area (Å²) in [5, 5.41) is 6.27. The van der Waals surface area contributed by atoms with Gasteiger partial charge in [0.2, 0.25) is 6.29 Å². The maximum atomic E-state index is 14.1. The van der Waals surface area contributed by atoms with Crippen molar-refractivity contribution >= 4 is 17.3 Å². The van der Waals surface area contributed by atoms with Crippen molar-refractivity contribution in [2.45, 2.75) is 44.9 Å². The Morgan fingerprint density at radius 3 is 2.62 bits per heavy atom. The molecule has 0 bridgehead atoms. The number of hydrogen-bond donors (Lipinski definition) is 2. The summed E-state index contributed by atoms with van der Waals surface area (Å²) in [7, 11) is 0. The molecule has 4 rings (SSSR count). The van der Waals surface area contributed by atoms with Gasteiger partial charge < -0.3 is 10.6 Å². The van der Waals surface area contributed by atoms with Crippen molar-refractivity contribution in [1.82, 2.24) is 14.7 Å². The number of rotatable bonds is 2. The van der Waals surface area contributed by atoms with Gasteiger partial charge in [0.1, 0.15) is 23.6 Å². The lowest BCUT2D eigenvalue weighted by atomic mass is 10.1. The summed E-state index contributed by atoms with van der Waals surface area (Å²) in [6, 6.07) is 2.58. The Hall–Kier alpha value is -1.80. The third-order valence-corrected chi connectivity index (χ3v) is 5.93. The number of hydrogen-bond acceptors (Lipinski definition) is 3. The van der Waals surface area contributed by atoms with E-state index in [1.807, 2.05) is 18.7 Å². The van der Waals surface area contributed by atoms with E-state index in [9.17, 15) is 18.0 Å². The average Bonchev–Trinajstić information content (AvgIpc) is 2.82. The highest BCUT2D eigenvalue weighted by Crippen LogP contribution is 2.47. The van der Waals surface area contributed by atoms with Crippen molar-refractivity contribution in [3.8, 4) is 0 Å². The molecular weight excluding hydrogens is 345 g/mol. The Bertz CT molecular complexity index is 746. The summed E-state index contributed by atoms with van der Waals surface area (Å²) in [6.07, 6.45) is -0.639. The van der Waals surface area contributed by atoms with Gasteiger partial charge >= 0.3 is 0 Å². The topological polar surface area (TPSA) is 44.4 Å². The Morgan fingerprint density at radius 2 is 1.96 bits per heavy atom. The summed E-state index contributed by atoms with van der Waals surface area (Å²) >= 11 is 0. The molecule has 8 heteroatoms. The van der Waals surface area contributed by atoms with Crippen LogP contribution >= 0.6 is 0 Å². The van der Waals surface area contributed by atoms with Gasteiger partial charge in [-0.2, -0.15) is 0 Å². The van der Waals surface area contributed by atoms with E-state index in [2.05, 4.69) is 10.6 Å². The quantitative estimate of drug-likeness (QED) is 0.788. The summed E-state index contributed by atoms with van der Waals surface area (Å²) in [6.45, 7) is 5.79. The number of alkyl halides is 2. The second-order valence-electron chi connectivity index (χ2n) is 7.67. The second kappa shape index (κ2) is 5.85. The lowest BCUT2D eigenvalue weighted by Gasteiger charge is -2.45. The number of carbonyl (C=O) groups is 1. The third-order valence-electron chi connectivity index (χ3n) is 5.93. The average molecular weight is 369 g/mol. The van der Waals surface area contributed by atoms with Crippen LogP contribution in [0.5, 0.6) is 0 Å². The molecule has 1 aromatic rings. The van der Waals surface area contributed by atoms with Crippen LogP contribution in [0.25, 0.3) is 0 Å². The fraction of sp³-hybridized carbons (Fsp3) is 0.611. The number of anilines is 1. The van der Waals surface area contributed by atoms with E-state index < -0.39 is 11.7 Å². The highest BCUT2D eigenvalue weighted by atomic mass is 19.3. The fourth-order valence-electron chi connectivity index (χ4n) is 4.73. The molecule has 3 aliphatic heterocycles. The first kappa shape index (κ1) is 17.6. The maximum absolute atomic E-state index is 14.1. The van der Waals surface area contributed by atoms with Crippen molar-refractivity contribution in [2.24, 2.45) is 0 Å². The molecule has 1 saturated heterocycles. The molecule has 0 aromatic heterocycles. The highest BCUT2D eigenvalue weighted by molar-refractivity contribution is 6.04. The van der Waals surface area contributed by atoms with Crippen molar-refractivity contribution in [3.05, 3.63) is 23.5 Å². The van der Waals surface area contributed by atoms with Gasteiger partial charge in [-0.05, 0) is 19.9 Å². The minimum Gasteiger partial charge on any atom is -0.344 e. The smallest absolute Gasteiger partial charge is 0.257 e. The van der Waals surface area contributed by atoms with E-state index in [1.165, 1.54) is 12.1 Å². The zero-order valence-electron chi connectivity index (χ0n) is 15.0. The lowest BCUT2D eigenvalue weighted by molar-refractivity contribution is -0.0742. The molecule has 0 saturated carbocycles. The molecule has 1 amide bonds. The monoisotopic (exact) mass is 369 g/mol. The van der Waals surface area contributed by atoms with Crippen LogP contribution in [0.15, 0.2) is 12.1 Å². The van der Waals surface area contributed by atoms with Crippen LogP contribution in [0.1, 0.15) is 37.0 Å². The first-order chi connectivity index (χ1) is 12.3.